The maximum Gasteiger partial charge on any atom is 0.490 e. The number of nitrogens with zero attached hydrogens (tertiary/aromatic N) is 2. The molecule has 0 radical (unpaired) electrons. The second kappa shape index (κ2) is 16.9. The molecule has 1 fully saturated rings. The number of hydrogen-bond donors (Lipinski definition) is 3. The third-order valence-corrected chi connectivity index (χ3v) is 10.2. The van der Waals surface area contributed by atoms with E-state index in [0.29, 0.717) is 22.6 Å². The zero-order valence-corrected chi connectivity index (χ0v) is 29.7. The predicted molar refractivity (Wildman–Crippen MR) is 187 cm³/mol. The lowest BCUT2D eigenvalue weighted by molar-refractivity contribution is -0.192. The minimum absolute atomic E-state index is 0.0151. The molecule has 53 heavy (non-hydrogen) atoms. The number of carbonyl (C=O) groups is 3. The van der Waals surface area contributed by atoms with Crippen LogP contribution in [0.2, 0.25) is 0 Å². The predicted octanol–water partition coefficient (Wildman–Crippen LogP) is 6.09. The van der Waals surface area contributed by atoms with Gasteiger partial charge >= 0.3 is 18.1 Å². The minimum Gasteiger partial charge on any atom is -0.491 e. The lowest BCUT2D eigenvalue weighted by atomic mass is 9.93. The normalized spacial score (nSPS) is 16.3. The number of sulfone groups is 1. The van der Waals surface area contributed by atoms with Gasteiger partial charge in [-0.25, -0.2) is 22.6 Å². The van der Waals surface area contributed by atoms with Crippen LogP contribution in [-0.2, 0) is 29.0 Å². The van der Waals surface area contributed by atoms with Gasteiger partial charge in [0.15, 0.2) is 21.4 Å². The van der Waals surface area contributed by atoms with E-state index >= 15 is 0 Å². The fourth-order valence-corrected chi connectivity index (χ4v) is 7.11. The number of ether oxygens (including phenoxy) is 2. The quantitative estimate of drug-likeness (QED) is 0.119. The van der Waals surface area contributed by atoms with Gasteiger partial charge in [-0.15, -0.1) is 0 Å². The maximum atomic E-state index is 14.8. The highest BCUT2D eigenvalue weighted by molar-refractivity contribution is 7.91. The molecular formula is C36H38F4N4O8S. The fraction of sp³-hybridized carbons (Fsp3) is 0.333. The van der Waals surface area contributed by atoms with Crippen molar-refractivity contribution in [3.8, 4) is 5.75 Å². The molecule has 0 saturated carbocycles. The van der Waals surface area contributed by atoms with Crippen LogP contribution >= 0.6 is 0 Å². The van der Waals surface area contributed by atoms with Crippen LogP contribution in [0.5, 0.6) is 5.75 Å². The molecule has 1 amide bonds. The summed E-state index contributed by atoms with van der Waals surface area (Å²) < 4.78 is 83.8. The van der Waals surface area contributed by atoms with E-state index in [1.807, 2.05) is 6.07 Å². The second-order valence-corrected chi connectivity index (χ2v) is 13.9. The number of alkyl halides is 3. The molecule has 1 aliphatic heterocycles. The van der Waals surface area contributed by atoms with E-state index in [1.54, 1.807) is 63.4 Å². The molecule has 5 rings (SSSR count). The second-order valence-electron chi connectivity index (χ2n) is 11.7. The average molecular weight is 763 g/mol. The first-order valence-corrected chi connectivity index (χ1v) is 18.1. The lowest BCUT2D eigenvalue weighted by Gasteiger charge is -2.33. The standard InChI is InChI=1S/C34H37FN4O6S.C2HF3O2/c1-4-44-28-20-22(11-14-27(28)35)30(38-23-12-13-24-21(19-23)15-17-37-32(24)36)33(40)39-18-16-26(34(41)45-5-2)31(39)25-9-7-8-10-29(25)46(42,43)6-3;3-2(4,5)1(6)7/h7-15,17,19-20,26,30-31,38H,4-6,16,18H2,1-3H3,(H2,36,37);(H,6,7)/t26-,30+,31-;/m0./s1. The molecule has 0 unspecified atom stereocenters. The van der Waals surface area contributed by atoms with Gasteiger partial charge in [0.25, 0.3) is 0 Å². The summed E-state index contributed by atoms with van der Waals surface area (Å²) >= 11 is 0. The van der Waals surface area contributed by atoms with Crippen LogP contribution in [0.25, 0.3) is 10.8 Å². The number of rotatable bonds is 11. The number of aromatic nitrogens is 1. The van der Waals surface area contributed by atoms with Gasteiger partial charge in [0, 0.05) is 23.8 Å². The first-order valence-electron chi connectivity index (χ1n) is 16.5. The van der Waals surface area contributed by atoms with Crippen molar-refractivity contribution in [2.45, 2.75) is 50.3 Å². The van der Waals surface area contributed by atoms with E-state index in [0.717, 1.165) is 10.8 Å². The Bertz CT molecular complexity index is 2080. The molecule has 17 heteroatoms. The van der Waals surface area contributed by atoms with Crippen molar-refractivity contribution < 1.29 is 54.9 Å². The van der Waals surface area contributed by atoms with Gasteiger partial charge in [-0.2, -0.15) is 13.2 Å². The highest BCUT2D eigenvalue weighted by Gasteiger charge is 2.46. The van der Waals surface area contributed by atoms with Crippen molar-refractivity contribution in [2.24, 2.45) is 5.92 Å². The number of esters is 1. The number of aliphatic carboxylic acids is 1. The largest absolute Gasteiger partial charge is 0.491 e. The Morgan fingerprint density at radius 2 is 1.74 bits per heavy atom. The van der Waals surface area contributed by atoms with E-state index in [2.05, 4.69) is 10.3 Å². The number of fused-ring (bicyclic) bond motifs is 1. The number of benzene rings is 3. The van der Waals surface area contributed by atoms with Crippen molar-refractivity contribution in [2.75, 3.05) is 36.6 Å². The molecule has 12 nitrogen and oxygen atoms in total. The van der Waals surface area contributed by atoms with Gasteiger partial charge in [0.2, 0.25) is 5.91 Å². The van der Waals surface area contributed by atoms with Crippen molar-refractivity contribution in [1.29, 1.82) is 0 Å². The molecule has 3 atom stereocenters. The van der Waals surface area contributed by atoms with Gasteiger partial charge < -0.3 is 30.5 Å². The molecule has 4 N–H and O–H groups in total. The molecule has 0 spiro atoms. The smallest absolute Gasteiger partial charge is 0.490 e. The number of pyridine rings is 1. The third kappa shape index (κ3) is 9.32. The first kappa shape index (κ1) is 40.3. The van der Waals surface area contributed by atoms with Crippen LogP contribution in [0, 0.1) is 11.7 Å². The summed E-state index contributed by atoms with van der Waals surface area (Å²) in [5.74, 6) is -4.90. The van der Waals surface area contributed by atoms with Crippen LogP contribution in [0.4, 0.5) is 29.1 Å². The number of nitrogens with two attached hydrogens (primary N) is 1. The summed E-state index contributed by atoms with van der Waals surface area (Å²) in [7, 11) is -3.72. The van der Waals surface area contributed by atoms with Gasteiger partial charge in [-0.1, -0.05) is 31.2 Å². The maximum absolute atomic E-state index is 14.8. The summed E-state index contributed by atoms with van der Waals surface area (Å²) in [4.78, 5) is 42.6. The zero-order valence-electron chi connectivity index (χ0n) is 28.9. The number of carbonyl (C=O) groups excluding carboxylic acids is 2. The Kier molecular flexibility index (Phi) is 12.9. The Labute approximate surface area is 302 Å². The number of likely N-dealkylation sites (tertiary alicyclic amines) is 1. The molecule has 0 aliphatic carbocycles. The summed E-state index contributed by atoms with van der Waals surface area (Å²) in [6.07, 6.45) is -3.23. The molecule has 0 bridgehead atoms. The number of nitrogens with one attached hydrogen (secondary N) is 1. The van der Waals surface area contributed by atoms with Crippen molar-refractivity contribution in [3.05, 3.63) is 89.9 Å². The molecule has 1 aromatic heterocycles. The molecule has 284 valence electrons. The number of carboxylic acids is 1. The summed E-state index contributed by atoms with van der Waals surface area (Å²) in [6.45, 7) is 5.47. The van der Waals surface area contributed by atoms with Crippen molar-refractivity contribution in [3.63, 3.8) is 0 Å². The van der Waals surface area contributed by atoms with Gasteiger partial charge in [0.1, 0.15) is 11.9 Å². The zero-order chi connectivity index (χ0) is 39.1. The monoisotopic (exact) mass is 762 g/mol. The number of carboxylic acid groups (broad SMARTS) is 1. The number of halogens is 4. The SMILES string of the molecule is CCOC(=O)[C@H]1CCN(C(=O)[C@H](Nc2ccc3c(N)nccc3c2)c2ccc(F)c(OCC)c2)[C@H]1c1ccccc1S(=O)(=O)CC.O=C(O)C(F)(F)F. The molecule has 2 heterocycles. The van der Waals surface area contributed by atoms with Crippen LogP contribution in [0.3, 0.4) is 0 Å². The van der Waals surface area contributed by atoms with Crippen molar-refractivity contribution in [1.82, 2.24) is 9.88 Å². The fourth-order valence-electron chi connectivity index (χ4n) is 5.96. The van der Waals surface area contributed by atoms with E-state index in [9.17, 15) is 35.6 Å². The van der Waals surface area contributed by atoms with Crippen LogP contribution in [0.1, 0.15) is 50.4 Å². The van der Waals surface area contributed by atoms with Gasteiger partial charge in [-0.3, -0.25) is 9.59 Å². The Morgan fingerprint density at radius 1 is 1.04 bits per heavy atom. The molecule has 4 aromatic rings. The van der Waals surface area contributed by atoms with E-state index in [-0.39, 0.29) is 42.6 Å². The average Bonchev–Trinajstić information content (AvgIpc) is 3.57. The Morgan fingerprint density at radius 3 is 2.38 bits per heavy atom. The Hall–Kier alpha value is -5.45. The molecule has 1 aliphatic rings. The summed E-state index contributed by atoms with van der Waals surface area (Å²) in [6, 6.07) is 15.8. The van der Waals surface area contributed by atoms with Gasteiger partial charge in [0.05, 0.1) is 35.8 Å². The molecule has 1 saturated heterocycles. The van der Waals surface area contributed by atoms with Gasteiger partial charge in [-0.05, 0) is 79.2 Å². The lowest BCUT2D eigenvalue weighted by Crippen LogP contribution is -2.40. The van der Waals surface area contributed by atoms with Crippen LogP contribution < -0.4 is 15.8 Å². The van der Waals surface area contributed by atoms with Crippen LogP contribution in [0.15, 0.2) is 77.8 Å². The number of hydrogen-bond acceptors (Lipinski definition) is 10. The van der Waals surface area contributed by atoms with E-state index in [1.165, 1.54) is 29.2 Å². The molecule has 3 aromatic carbocycles. The summed E-state index contributed by atoms with van der Waals surface area (Å²) in [5, 5.41) is 12.0. The number of anilines is 2. The van der Waals surface area contributed by atoms with Crippen molar-refractivity contribution >= 4 is 50.0 Å². The summed E-state index contributed by atoms with van der Waals surface area (Å²) in [5.41, 5.74) is 7.38. The number of nitrogen functional groups attached to an aromatic ring is 1. The first-order chi connectivity index (χ1) is 25.0. The minimum atomic E-state index is -5.08. The topological polar surface area (TPSA) is 178 Å². The number of amides is 1. The third-order valence-electron chi connectivity index (χ3n) is 8.41. The molecular weight excluding hydrogens is 724 g/mol. The van der Waals surface area contributed by atoms with Crippen LogP contribution in [-0.4, -0.2) is 72.9 Å². The Balaban J connectivity index is 0.000000815. The highest BCUT2D eigenvalue weighted by Crippen LogP contribution is 2.43. The van der Waals surface area contributed by atoms with E-state index < -0.39 is 57.7 Å². The highest BCUT2D eigenvalue weighted by atomic mass is 32.2. The van der Waals surface area contributed by atoms with E-state index in [4.69, 9.17) is 25.1 Å².